The fourth-order valence-corrected chi connectivity index (χ4v) is 2.62. The molecule has 4 nitrogen and oxygen atoms in total. The molecule has 0 aliphatic carbocycles. The molecule has 0 spiro atoms. The molecule has 1 aliphatic rings. The van der Waals surface area contributed by atoms with E-state index in [1.54, 1.807) is 19.2 Å². The first-order valence-corrected chi connectivity index (χ1v) is 6.97. The summed E-state index contributed by atoms with van der Waals surface area (Å²) in [6.45, 7) is 2.12. The molecule has 1 aliphatic heterocycles. The number of rotatable bonds is 4. The summed E-state index contributed by atoms with van der Waals surface area (Å²) < 4.78 is 12.8. The van der Waals surface area contributed by atoms with Crippen LogP contribution in [0.2, 0.25) is 0 Å². The van der Waals surface area contributed by atoms with Crippen LogP contribution < -0.4 is 5.32 Å². The summed E-state index contributed by atoms with van der Waals surface area (Å²) in [7, 11) is 1.66. The Labute approximate surface area is 118 Å². The molecular weight excluding hydrogens is 259 g/mol. The molecule has 1 heterocycles. The highest BCUT2D eigenvalue weighted by atomic mass is 19.1. The molecule has 5 heteroatoms. The number of amides is 1. The second-order valence-electron chi connectivity index (χ2n) is 5.26. The van der Waals surface area contributed by atoms with E-state index in [0.29, 0.717) is 6.54 Å². The van der Waals surface area contributed by atoms with Gasteiger partial charge < -0.3 is 15.3 Å². The van der Waals surface area contributed by atoms with Crippen molar-refractivity contribution < 1.29 is 14.3 Å². The Kier molecular flexibility index (Phi) is 5.09. The number of piperidine rings is 1. The van der Waals surface area contributed by atoms with Crippen molar-refractivity contribution in [3.05, 3.63) is 35.6 Å². The predicted molar refractivity (Wildman–Crippen MR) is 74.6 cm³/mol. The molecule has 20 heavy (non-hydrogen) atoms. The van der Waals surface area contributed by atoms with Crippen LogP contribution in [0.1, 0.15) is 24.5 Å². The fraction of sp³-hybridized carbons (Fsp3) is 0.533. The zero-order chi connectivity index (χ0) is 14.5. The lowest BCUT2D eigenvalue weighted by Gasteiger charge is -2.32. The van der Waals surface area contributed by atoms with Gasteiger partial charge >= 0.3 is 0 Å². The second kappa shape index (κ2) is 6.81. The maximum atomic E-state index is 12.8. The third-order valence-electron chi connectivity index (χ3n) is 3.89. The maximum Gasteiger partial charge on any atom is 0.222 e. The van der Waals surface area contributed by atoms with Gasteiger partial charge in [0.2, 0.25) is 5.91 Å². The number of likely N-dealkylation sites (tertiary alicyclic amines) is 1. The summed E-state index contributed by atoms with van der Waals surface area (Å²) in [6.07, 6.45) is 1.01. The summed E-state index contributed by atoms with van der Waals surface area (Å²) in [4.78, 5) is 13.7. The average Bonchev–Trinajstić information content (AvgIpc) is 2.48. The van der Waals surface area contributed by atoms with Gasteiger partial charge in [-0.1, -0.05) is 12.1 Å². The Morgan fingerprint density at radius 3 is 2.55 bits per heavy atom. The number of aliphatic hydroxyl groups excluding tert-OH is 1. The SMILES string of the molecule is CNC(=O)C1CCN(CC(O)c2ccc(F)cc2)CC1. The molecule has 0 aromatic heterocycles. The van der Waals surface area contributed by atoms with Crippen LogP contribution in [-0.2, 0) is 4.79 Å². The van der Waals surface area contributed by atoms with Crippen LogP contribution in [0.5, 0.6) is 0 Å². The van der Waals surface area contributed by atoms with E-state index in [-0.39, 0.29) is 17.6 Å². The summed E-state index contributed by atoms with van der Waals surface area (Å²) >= 11 is 0. The molecule has 1 fully saturated rings. The van der Waals surface area contributed by atoms with Crippen molar-refractivity contribution in [2.75, 3.05) is 26.7 Å². The molecule has 1 aromatic carbocycles. The van der Waals surface area contributed by atoms with Crippen LogP contribution in [-0.4, -0.2) is 42.6 Å². The van der Waals surface area contributed by atoms with Crippen LogP contribution >= 0.6 is 0 Å². The summed E-state index contributed by atoms with van der Waals surface area (Å²) in [5.74, 6) is -0.115. The van der Waals surface area contributed by atoms with E-state index in [4.69, 9.17) is 0 Å². The molecule has 2 N–H and O–H groups in total. The van der Waals surface area contributed by atoms with Crippen LogP contribution in [0.15, 0.2) is 24.3 Å². The van der Waals surface area contributed by atoms with Gasteiger partial charge in [0.1, 0.15) is 5.82 Å². The lowest BCUT2D eigenvalue weighted by Crippen LogP contribution is -2.41. The van der Waals surface area contributed by atoms with Crippen molar-refractivity contribution in [2.45, 2.75) is 18.9 Å². The summed E-state index contributed by atoms with van der Waals surface area (Å²) in [5, 5.41) is 12.8. The van der Waals surface area contributed by atoms with E-state index in [2.05, 4.69) is 10.2 Å². The number of aliphatic hydroxyl groups is 1. The Hall–Kier alpha value is -1.46. The predicted octanol–water partition coefficient (Wildman–Crippen LogP) is 1.32. The smallest absolute Gasteiger partial charge is 0.222 e. The Bertz CT molecular complexity index is 442. The largest absolute Gasteiger partial charge is 0.387 e. The van der Waals surface area contributed by atoms with Crippen molar-refractivity contribution in [3.8, 4) is 0 Å². The molecule has 1 amide bonds. The summed E-state index contributed by atoms with van der Waals surface area (Å²) in [5.41, 5.74) is 0.722. The minimum absolute atomic E-state index is 0.0826. The fourth-order valence-electron chi connectivity index (χ4n) is 2.62. The molecule has 1 unspecified atom stereocenters. The molecule has 1 aromatic rings. The molecule has 0 bridgehead atoms. The summed E-state index contributed by atoms with van der Waals surface area (Å²) in [6, 6.07) is 5.93. The highest BCUT2D eigenvalue weighted by molar-refractivity contribution is 5.78. The standard InChI is InChI=1S/C15H21FN2O2/c1-17-15(20)12-6-8-18(9-7-12)10-14(19)11-2-4-13(16)5-3-11/h2-5,12,14,19H,6-10H2,1H3,(H,17,20). The van der Waals surface area contributed by atoms with E-state index >= 15 is 0 Å². The Morgan fingerprint density at radius 1 is 1.40 bits per heavy atom. The van der Waals surface area contributed by atoms with Crippen molar-refractivity contribution in [3.63, 3.8) is 0 Å². The number of β-amino-alcohol motifs (C(OH)–C–C–N with tert-alkyl or cyclic N) is 1. The topological polar surface area (TPSA) is 52.6 Å². The monoisotopic (exact) mass is 280 g/mol. The van der Waals surface area contributed by atoms with Gasteiger partial charge in [0, 0.05) is 19.5 Å². The van der Waals surface area contributed by atoms with E-state index in [1.807, 2.05) is 0 Å². The third-order valence-corrected chi connectivity index (χ3v) is 3.89. The second-order valence-corrected chi connectivity index (χ2v) is 5.26. The number of carbonyl (C=O) groups excluding carboxylic acids is 1. The number of hydrogen-bond donors (Lipinski definition) is 2. The van der Waals surface area contributed by atoms with Crippen LogP contribution in [0.4, 0.5) is 4.39 Å². The lowest BCUT2D eigenvalue weighted by molar-refractivity contribution is -0.126. The number of nitrogens with zero attached hydrogens (tertiary/aromatic N) is 1. The first-order chi connectivity index (χ1) is 9.60. The molecule has 1 atom stereocenters. The molecule has 0 radical (unpaired) electrons. The minimum atomic E-state index is -0.618. The van der Waals surface area contributed by atoms with Gasteiger partial charge in [0.25, 0.3) is 0 Å². The molecule has 2 rings (SSSR count). The first-order valence-electron chi connectivity index (χ1n) is 6.97. The molecule has 1 saturated heterocycles. The third kappa shape index (κ3) is 3.77. The Morgan fingerprint density at radius 2 is 2.00 bits per heavy atom. The van der Waals surface area contributed by atoms with Crippen LogP contribution in [0.25, 0.3) is 0 Å². The number of halogens is 1. The van der Waals surface area contributed by atoms with Crippen molar-refractivity contribution in [2.24, 2.45) is 5.92 Å². The Balaban J connectivity index is 1.83. The maximum absolute atomic E-state index is 12.8. The normalized spacial score (nSPS) is 18.8. The van der Waals surface area contributed by atoms with Crippen molar-refractivity contribution in [1.29, 1.82) is 0 Å². The zero-order valence-corrected chi connectivity index (χ0v) is 11.7. The molecule has 110 valence electrons. The van der Waals surface area contributed by atoms with E-state index in [1.165, 1.54) is 12.1 Å². The number of nitrogens with one attached hydrogen (secondary N) is 1. The van der Waals surface area contributed by atoms with Gasteiger partial charge in [-0.2, -0.15) is 0 Å². The van der Waals surface area contributed by atoms with E-state index in [9.17, 15) is 14.3 Å². The zero-order valence-electron chi connectivity index (χ0n) is 11.7. The van der Waals surface area contributed by atoms with Gasteiger partial charge in [0.15, 0.2) is 0 Å². The van der Waals surface area contributed by atoms with Gasteiger partial charge in [0.05, 0.1) is 6.10 Å². The van der Waals surface area contributed by atoms with Crippen LogP contribution in [0, 0.1) is 11.7 Å². The van der Waals surface area contributed by atoms with Gasteiger partial charge in [-0.25, -0.2) is 4.39 Å². The number of carbonyl (C=O) groups is 1. The first kappa shape index (κ1) is 14.9. The van der Waals surface area contributed by atoms with Gasteiger partial charge in [-0.3, -0.25) is 4.79 Å². The highest BCUT2D eigenvalue weighted by Crippen LogP contribution is 2.21. The lowest BCUT2D eigenvalue weighted by atomic mass is 9.95. The minimum Gasteiger partial charge on any atom is -0.387 e. The van der Waals surface area contributed by atoms with E-state index < -0.39 is 6.10 Å². The van der Waals surface area contributed by atoms with Crippen molar-refractivity contribution >= 4 is 5.91 Å². The number of hydrogen-bond acceptors (Lipinski definition) is 3. The van der Waals surface area contributed by atoms with Crippen molar-refractivity contribution in [1.82, 2.24) is 10.2 Å². The number of benzene rings is 1. The van der Waals surface area contributed by atoms with E-state index in [0.717, 1.165) is 31.5 Å². The van der Waals surface area contributed by atoms with Gasteiger partial charge in [-0.15, -0.1) is 0 Å². The average molecular weight is 280 g/mol. The quantitative estimate of drug-likeness (QED) is 0.874. The molecule has 0 saturated carbocycles. The van der Waals surface area contributed by atoms with Crippen LogP contribution in [0.3, 0.4) is 0 Å². The van der Waals surface area contributed by atoms with Gasteiger partial charge in [-0.05, 0) is 43.6 Å². The molecular formula is C15H21FN2O2. The highest BCUT2D eigenvalue weighted by Gasteiger charge is 2.25.